The van der Waals surface area contributed by atoms with Gasteiger partial charge in [0, 0.05) is 19.6 Å². The van der Waals surface area contributed by atoms with Gasteiger partial charge in [0.1, 0.15) is 0 Å². The highest BCUT2D eigenvalue weighted by atomic mass is 16.6. The zero-order valence-electron chi connectivity index (χ0n) is 24.3. The number of aliphatic hydroxyl groups excluding tert-OH is 2. The van der Waals surface area contributed by atoms with Crippen molar-refractivity contribution in [2.24, 2.45) is 0 Å². The minimum atomic E-state index is -0.367. The largest absolute Gasteiger partial charge is 0.506 e. The van der Waals surface area contributed by atoms with E-state index in [0.717, 1.165) is 51.7 Å². The van der Waals surface area contributed by atoms with E-state index in [1.54, 1.807) is 0 Å². The predicted octanol–water partition coefficient (Wildman–Crippen LogP) is 11.2. The lowest BCUT2D eigenvalue weighted by molar-refractivity contribution is 0.124. The molecule has 0 bridgehead atoms. The molecule has 0 spiro atoms. The van der Waals surface area contributed by atoms with E-state index in [4.69, 9.17) is 9.47 Å². The molecule has 4 heteroatoms. The minimum absolute atomic E-state index is 0.0640. The molecule has 0 atom stereocenters. The molecule has 0 aromatic rings. The van der Waals surface area contributed by atoms with Gasteiger partial charge in [-0.3, -0.25) is 0 Å². The Morgan fingerprint density at radius 3 is 1.47 bits per heavy atom. The van der Waals surface area contributed by atoms with Crippen molar-refractivity contribution in [3.8, 4) is 0 Å². The lowest BCUT2D eigenvalue weighted by atomic mass is 10.0. The second-order valence-electron chi connectivity index (χ2n) is 10.5. The van der Waals surface area contributed by atoms with Gasteiger partial charge >= 0.3 is 5.95 Å². The van der Waals surface area contributed by atoms with E-state index < -0.39 is 0 Å². The van der Waals surface area contributed by atoms with Gasteiger partial charge in [-0.15, -0.1) is 0 Å². The van der Waals surface area contributed by atoms with Crippen molar-refractivity contribution in [1.29, 1.82) is 0 Å². The average Bonchev–Trinajstić information content (AvgIpc) is 2.88. The van der Waals surface area contributed by atoms with E-state index in [2.05, 4.69) is 13.8 Å². The van der Waals surface area contributed by atoms with Crippen LogP contribution in [0.25, 0.3) is 0 Å². The Balaban J connectivity index is 3.40. The van der Waals surface area contributed by atoms with Gasteiger partial charge in [0.15, 0.2) is 5.76 Å². The molecule has 0 aliphatic rings. The molecule has 0 unspecified atom stereocenters. The molecule has 0 aliphatic carbocycles. The standard InChI is InChI=1S/C32H62O4/c1-3-5-7-8-9-10-11-12-13-14-15-16-17-18-19-20-21-26-30-36-32(34)31(33)27-23-22-25-29-35-28-24-6-4-2/h26,30,33-34H,3-25,27-29H2,1-2H3/b30-26+,32-31+. The Labute approximate surface area is 224 Å². The maximum atomic E-state index is 9.91. The van der Waals surface area contributed by atoms with Gasteiger partial charge in [0.05, 0.1) is 6.26 Å². The van der Waals surface area contributed by atoms with Crippen LogP contribution in [0.1, 0.15) is 168 Å². The molecule has 0 saturated carbocycles. The first-order valence-corrected chi connectivity index (χ1v) is 15.7. The van der Waals surface area contributed by atoms with Crippen LogP contribution in [0.4, 0.5) is 0 Å². The van der Waals surface area contributed by atoms with Crippen LogP contribution >= 0.6 is 0 Å². The third-order valence-corrected chi connectivity index (χ3v) is 6.84. The van der Waals surface area contributed by atoms with E-state index in [1.165, 1.54) is 115 Å². The summed E-state index contributed by atoms with van der Waals surface area (Å²) in [7, 11) is 0. The maximum absolute atomic E-state index is 9.91. The smallest absolute Gasteiger partial charge is 0.321 e. The highest BCUT2D eigenvalue weighted by Gasteiger charge is 2.04. The highest BCUT2D eigenvalue weighted by molar-refractivity contribution is 4.93. The SMILES string of the molecule is CCCCCCCCCCCCCCCCCC/C=C/O/C(O)=C(/O)CCCCCOCCCCC. The van der Waals surface area contributed by atoms with Gasteiger partial charge in [-0.1, -0.05) is 129 Å². The van der Waals surface area contributed by atoms with Gasteiger partial charge < -0.3 is 19.7 Å². The second-order valence-corrected chi connectivity index (χ2v) is 10.5. The van der Waals surface area contributed by atoms with Gasteiger partial charge in [-0.2, -0.15) is 0 Å². The summed E-state index contributed by atoms with van der Waals surface area (Å²) >= 11 is 0. The molecule has 0 saturated heterocycles. The van der Waals surface area contributed by atoms with Gasteiger partial charge in [0.25, 0.3) is 0 Å². The molecule has 0 amide bonds. The van der Waals surface area contributed by atoms with Crippen molar-refractivity contribution in [2.45, 2.75) is 168 Å². The molecular formula is C32H62O4. The number of rotatable bonds is 29. The topological polar surface area (TPSA) is 58.9 Å². The van der Waals surface area contributed by atoms with Crippen molar-refractivity contribution < 1.29 is 19.7 Å². The fourth-order valence-electron chi connectivity index (χ4n) is 4.40. The lowest BCUT2D eigenvalue weighted by Crippen LogP contribution is -1.97. The fraction of sp³-hybridized carbons (Fsp3) is 0.875. The van der Waals surface area contributed by atoms with Crippen LogP contribution in [0.15, 0.2) is 24.0 Å². The normalized spacial score (nSPS) is 12.4. The summed E-state index contributed by atoms with van der Waals surface area (Å²) in [6, 6.07) is 0. The number of aliphatic hydroxyl groups is 2. The van der Waals surface area contributed by atoms with Crippen LogP contribution in [-0.4, -0.2) is 23.4 Å². The van der Waals surface area contributed by atoms with Crippen LogP contribution in [0.2, 0.25) is 0 Å². The average molecular weight is 511 g/mol. The Morgan fingerprint density at radius 2 is 0.944 bits per heavy atom. The molecule has 0 aromatic carbocycles. The number of ether oxygens (including phenoxy) is 2. The summed E-state index contributed by atoms with van der Waals surface area (Å²) < 4.78 is 10.7. The molecule has 0 aliphatic heterocycles. The summed E-state index contributed by atoms with van der Waals surface area (Å²) in [6.07, 6.45) is 33.2. The van der Waals surface area contributed by atoms with Gasteiger partial charge in [-0.25, -0.2) is 0 Å². The molecule has 0 heterocycles. The molecular weight excluding hydrogens is 448 g/mol. The van der Waals surface area contributed by atoms with Gasteiger partial charge in [0.2, 0.25) is 0 Å². The number of hydrogen-bond acceptors (Lipinski definition) is 4. The number of allylic oxidation sites excluding steroid dienone is 2. The minimum Gasteiger partial charge on any atom is -0.506 e. The Bertz CT molecular complexity index is 487. The fourth-order valence-corrected chi connectivity index (χ4v) is 4.40. The maximum Gasteiger partial charge on any atom is 0.321 e. The molecule has 214 valence electrons. The van der Waals surface area contributed by atoms with E-state index in [1.807, 2.05) is 6.08 Å². The molecule has 0 fully saturated rings. The van der Waals surface area contributed by atoms with Crippen LogP contribution < -0.4 is 0 Å². The highest BCUT2D eigenvalue weighted by Crippen LogP contribution is 2.15. The summed E-state index contributed by atoms with van der Waals surface area (Å²) in [5.74, 6) is -0.431. The Hall–Kier alpha value is -1.16. The van der Waals surface area contributed by atoms with E-state index in [-0.39, 0.29) is 11.7 Å². The molecule has 2 N–H and O–H groups in total. The monoisotopic (exact) mass is 510 g/mol. The van der Waals surface area contributed by atoms with Crippen molar-refractivity contribution in [2.75, 3.05) is 13.2 Å². The van der Waals surface area contributed by atoms with Crippen molar-refractivity contribution in [3.63, 3.8) is 0 Å². The van der Waals surface area contributed by atoms with Crippen molar-refractivity contribution in [1.82, 2.24) is 0 Å². The predicted molar refractivity (Wildman–Crippen MR) is 155 cm³/mol. The van der Waals surface area contributed by atoms with Crippen molar-refractivity contribution >= 4 is 0 Å². The summed E-state index contributed by atoms with van der Waals surface area (Å²) in [6.45, 7) is 6.10. The first kappa shape index (κ1) is 34.8. The van der Waals surface area contributed by atoms with E-state index in [9.17, 15) is 10.2 Å². The second kappa shape index (κ2) is 30.1. The third kappa shape index (κ3) is 27.4. The van der Waals surface area contributed by atoms with E-state index in [0.29, 0.717) is 6.42 Å². The van der Waals surface area contributed by atoms with Crippen LogP contribution in [0.5, 0.6) is 0 Å². The first-order valence-electron chi connectivity index (χ1n) is 15.7. The lowest BCUT2D eigenvalue weighted by Gasteiger charge is -2.05. The molecule has 36 heavy (non-hydrogen) atoms. The number of unbranched alkanes of at least 4 members (excludes halogenated alkanes) is 20. The van der Waals surface area contributed by atoms with E-state index >= 15 is 0 Å². The Morgan fingerprint density at radius 1 is 0.528 bits per heavy atom. The quantitative estimate of drug-likeness (QED) is 0.0775. The molecule has 0 radical (unpaired) electrons. The summed E-state index contributed by atoms with van der Waals surface area (Å²) in [4.78, 5) is 0. The molecule has 0 aromatic heterocycles. The summed E-state index contributed by atoms with van der Waals surface area (Å²) in [5, 5.41) is 19.7. The molecule has 0 rings (SSSR count). The van der Waals surface area contributed by atoms with Crippen molar-refractivity contribution in [3.05, 3.63) is 24.0 Å². The van der Waals surface area contributed by atoms with Crippen LogP contribution in [0.3, 0.4) is 0 Å². The summed E-state index contributed by atoms with van der Waals surface area (Å²) in [5.41, 5.74) is 0. The Kier molecular flexibility index (Phi) is 29.1. The number of hydrogen-bond donors (Lipinski definition) is 2. The first-order chi connectivity index (χ1) is 17.7. The van der Waals surface area contributed by atoms with Crippen LogP contribution in [0, 0.1) is 0 Å². The third-order valence-electron chi connectivity index (χ3n) is 6.84. The zero-order chi connectivity index (χ0) is 26.4. The van der Waals surface area contributed by atoms with Gasteiger partial charge in [-0.05, 0) is 38.2 Å². The molecule has 4 nitrogen and oxygen atoms in total. The van der Waals surface area contributed by atoms with Crippen LogP contribution in [-0.2, 0) is 9.47 Å². The zero-order valence-corrected chi connectivity index (χ0v) is 24.3.